The second-order valence-corrected chi connectivity index (χ2v) is 6.31. The third kappa shape index (κ3) is 3.50. The number of aromatic nitrogens is 2. The average Bonchev–Trinajstić information content (AvgIpc) is 2.64. The molecule has 0 saturated heterocycles. The summed E-state index contributed by atoms with van der Waals surface area (Å²) in [5, 5.41) is 4.43. The SMILES string of the molecule is CCOC1CC(CC(=O)Cc2c(Br)c(CC)nn2C)C1. The Balaban J connectivity index is 1.85. The quantitative estimate of drug-likeness (QED) is 0.764. The number of aryl methyl sites for hydroxylation is 2. The van der Waals surface area contributed by atoms with Crippen molar-refractivity contribution >= 4 is 21.7 Å². The molecule has 0 unspecified atom stereocenters. The van der Waals surface area contributed by atoms with Crippen molar-refractivity contribution in [3.8, 4) is 0 Å². The molecule has 5 heteroatoms. The minimum atomic E-state index is 0.302. The Bertz CT molecular complexity index is 478. The standard InChI is InChI=1S/C15H23BrN2O2/c1-4-13-15(16)14(18(3)17-13)9-11(19)6-10-7-12(8-10)20-5-2/h10,12H,4-9H2,1-3H3. The lowest BCUT2D eigenvalue weighted by molar-refractivity contribution is -0.121. The second-order valence-electron chi connectivity index (χ2n) is 5.52. The van der Waals surface area contributed by atoms with Crippen molar-refractivity contribution < 1.29 is 9.53 Å². The number of halogens is 1. The first-order valence-corrected chi connectivity index (χ1v) is 8.17. The van der Waals surface area contributed by atoms with Crippen molar-refractivity contribution in [3.63, 3.8) is 0 Å². The van der Waals surface area contributed by atoms with Gasteiger partial charge in [-0.3, -0.25) is 9.48 Å². The molecule has 1 aliphatic rings. The fourth-order valence-electron chi connectivity index (χ4n) is 2.81. The topological polar surface area (TPSA) is 44.1 Å². The lowest BCUT2D eigenvalue weighted by Gasteiger charge is -2.34. The van der Waals surface area contributed by atoms with E-state index in [2.05, 4.69) is 28.0 Å². The van der Waals surface area contributed by atoms with Gasteiger partial charge in [0.2, 0.25) is 0 Å². The number of ether oxygens (including phenoxy) is 1. The number of ketones is 1. The van der Waals surface area contributed by atoms with E-state index >= 15 is 0 Å². The van der Waals surface area contributed by atoms with Crippen molar-refractivity contribution in [2.45, 2.75) is 52.1 Å². The monoisotopic (exact) mass is 342 g/mol. The van der Waals surface area contributed by atoms with Crippen LogP contribution < -0.4 is 0 Å². The molecular weight excluding hydrogens is 320 g/mol. The minimum absolute atomic E-state index is 0.302. The molecule has 1 aromatic rings. The molecule has 0 amide bonds. The van der Waals surface area contributed by atoms with Gasteiger partial charge in [-0.15, -0.1) is 0 Å². The van der Waals surface area contributed by atoms with Gasteiger partial charge in [0.15, 0.2) is 0 Å². The highest BCUT2D eigenvalue weighted by atomic mass is 79.9. The van der Waals surface area contributed by atoms with E-state index in [9.17, 15) is 4.79 Å². The molecule has 1 aliphatic carbocycles. The fraction of sp³-hybridized carbons (Fsp3) is 0.733. The van der Waals surface area contributed by atoms with Crippen LogP contribution in [0.2, 0.25) is 0 Å². The molecule has 1 fully saturated rings. The van der Waals surface area contributed by atoms with E-state index in [4.69, 9.17) is 4.74 Å². The number of hydrogen-bond donors (Lipinski definition) is 0. The van der Waals surface area contributed by atoms with Gasteiger partial charge in [-0.25, -0.2) is 0 Å². The molecular formula is C15H23BrN2O2. The molecule has 2 rings (SSSR count). The van der Waals surface area contributed by atoms with E-state index in [-0.39, 0.29) is 0 Å². The largest absolute Gasteiger partial charge is 0.378 e. The smallest absolute Gasteiger partial charge is 0.139 e. The van der Waals surface area contributed by atoms with Crippen LogP contribution in [0.4, 0.5) is 0 Å². The van der Waals surface area contributed by atoms with E-state index in [1.165, 1.54) is 0 Å². The van der Waals surface area contributed by atoms with Crippen molar-refractivity contribution in [1.29, 1.82) is 0 Å². The Morgan fingerprint density at radius 3 is 2.70 bits per heavy atom. The summed E-state index contributed by atoms with van der Waals surface area (Å²) in [4.78, 5) is 12.2. The third-order valence-corrected chi connectivity index (χ3v) is 4.89. The lowest BCUT2D eigenvalue weighted by Crippen LogP contribution is -2.33. The van der Waals surface area contributed by atoms with Gasteiger partial charge in [0, 0.05) is 26.5 Å². The molecule has 0 bridgehead atoms. The van der Waals surface area contributed by atoms with Gasteiger partial charge in [-0.2, -0.15) is 5.10 Å². The van der Waals surface area contributed by atoms with Crippen LogP contribution in [-0.2, 0) is 29.4 Å². The van der Waals surface area contributed by atoms with Crippen LogP contribution in [0.5, 0.6) is 0 Å². The van der Waals surface area contributed by atoms with Crippen molar-refractivity contribution in [2.75, 3.05) is 6.61 Å². The maximum Gasteiger partial charge on any atom is 0.139 e. The van der Waals surface area contributed by atoms with Gasteiger partial charge >= 0.3 is 0 Å². The van der Waals surface area contributed by atoms with E-state index in [0.29, 0.717) is 30.6 Å². The van der Waals surface area contributed by atoms with E-state index in [1.807, 2.05) is 18.7 Å². The summed E-state index contributed by atoms with van der Waals surface area (Å²) < 4.78 is 8.35. The summed E-state index contributed by atoms with van der Waals surface area (Å²) >= 11 is 3.56. The average molecular weight is 343 g/mol. The number of Topliss-reactive ketones (excluding diaryl/α,β-unsaturated/α-hetero) is 1. The van der Waals surface area contributed by atoms with Gasteiger partial charge in [-0.05, 0) is 48.0 Å². The molecule has 0 N–H and O–H groups in total. The first-order chi connectivity index (χ1) is 9.55. The first kappa shape index (κ1) is 15.7. The van der Waals surface area contributed by atoms with Crippen molar-refractivity contribution in [3.05, 3.63) is 15.9 Å². The van der Waals surface area contributed by atoms with Gasteiger partial charge in [-0.1, -0.05) is 6.92 Å². The number of nitrogens with zero attached hydrogens (tertiary/aromatic N) is 2. The highest BCUT2D eigenvalue weighted by Crippen LogP contribution is 2.33. The van der Waals surface area contributed by atoms with Crippen LogP contribution in [0.25, 0.3) is 0 Å². The maximum absolute atomic E-state index is 12.2. The summed E-state index contributed by atoms with van der Waals surface area (Å²) in [6, 6.07) is 0. The van der Waals surface area contributed by atoms with Crippen LogP contribution in [-0.4, -0.2) is 28.3 Å². The third-order valence-electron chi connectivity index (χ3n) is 3.98. The summed E-state index contributed by atoms with van der Waals surface area (Å²) in [7, 11) is 1.90. The van der Waals surface area contributed by atoms with Gasteiger partial charge < -0.3 is 4.74 Å². The van der Waals surface area contributed by atoms with E-state index in [0.717, 1.165) is 41.7 Å². The molecule has 0 aliphatic heterocycles. The summed E-state index contributed by atoms with van der Waals surface area (Å²) in [5.74, 6) is 0.813. The molecule has 20 heavy (non-hydrogen) atoms. The number of hydrogen-bond acceptors (Lipinski definition) is 3. The number of rotatable bonds is 7. The minimum Gasteiger partial charge on any atom is -0.378 e. The molecule has 4 nitrogen and oxygen atoms in total. The molecule has 0 radical (unpaired) electrons. The second kappa shape index (κ2) is 6.85. The van der Waals surface area contributed by atoms with E-state index < -0.39 is 0 Å². The Kier molecular flexibility index (Phi) is 5.38. The zero-order valence-electron chi connectivity index (χ0n) is 12.5. The number of carbonyl (C=O) groups is 1. The van der Waals surface area contributed by atoms with Crippen LogP contribution in [0, 0.1) is 5.92 Å². The Labute approximate surface area is 129 Å². The predicted molar refractivity (Wildman–Crippen MR) is 81.8 cm³/mol. The Hall–Kier alpha value is -0.680. The van der Waals surface area contributed by atoms with Crippen LogP contribution in [0.3, 0.4) is 0 Å². The summed E-state index contributed by atoms with van der Waals surface area (Å²) in [5.41, 5.74) is 2.02. The highest BCUT2D eigenvalue weighted by Gasteiger charge is 2.31. The summed E-state index contributed by atoms with van der Waals surface area (Å²) in [6.45, 7) is 4.86. The lowest BCUT2D eigenvalue weighted by atomic mass is 9.78. The molecule has 1 saturated carbocycles. The van der Waals surface area contributed by atoms with Gasteiger partial charge in [0.1, 0.15) is 5.78 Å². The molecule has 0 spiro atoms. The van der Waals surface area contributed by atoms with Crippen molar-refractivity contribution in [1.82, 2.24) is 9.78 Å². The highest BCUT2D eigenvalue weighted by molar-refractivity contribution is 9.10. The first-order valence-electron chi connectivity index (χ1n) is 7.38. The maximum atomic E-state index is 12.2. The summed E-state index contributed by atoms with van der Waals surface area (Å²) in [6.07, 6.45) is 4.47. The van der Waals surface area contributed by atoms with Crippen molar-refractivity contribution in [2.24, 2.45) is 13.0 Å². The van der Waals surface area contributed by atoms with Gasteiger partial charge in [0.05, 0.1) is 22.0 Å². The van der Waals surface area contributed by atoms with Crippen LogP contribution in [0.15, 0.2) is 4.47 Å². The Morgan fingerprint density at radius 2 is 2.15 bits per heavy atom. The molecule has 1 heterocycles. The Morgan fingerprint density at radius 1 is 1.45 bits per heavy atom. The van der Waals surface area contributed by atoms with Crippen LogP contribution in [0.1, 0.15) is 44.5 Å². The molecule has 0 aromatic carbocycles. The zero-order valence-corrected chi connectivity index (χ0v) is 14.1. The normalized spacial score (nSPS) is 21.8. The fourth-order valence-corrected chi connectivity index (χ4v) is 3.56. The molecule has 112 valence electrons. The predicted octanol–water partition coefficient (Wildman–Crippen LogP) is 3.06. The van der Waals surface area contributed by atoms with Gasteiger partial charge in [0.25, 0.3) is 0 Å². The number of carbonyl (C=O) groups excluding carboxylic acids is 1. The molecule has 1 aromatic heterocycles. The van der Waals surface area contributed by atoms with E-state index in [1.54, 1.807) is 0 Å². The van der Waals surface area contributed by atoms with Crippen LogP contribution >= 0.6 is 15.9 Å². The zero-order chi connectivity index (χ0) is 14.7. The molecule has 0 atom stereocenters.